The molecule has 0 aliphatic carbocycles. The summed E-state index contributed by atoms with van der Waals surface area (Å²) in [4.78, 5) is 23.1. The quantitative estimate of drug-likeness (QED) is 0.730. The van der Waals surface area contributed by atoms with E-state index in [0.717, 1.165) is 0 Å². The summed E-state index contributed by atoms with van der Waals surface area (Å²) in [6, 6.07) is 15.3. The van der Waals surface area contributed by atoms with Gasteiger partial charge in [0.05, 0.1) is 6.54 Å². The summed E-state index contributed by atoms with van der Waals surface area (Å²) in [5.74, 6) is 0. The Bertz CT molecular complexity index is 647. The van der Waals surface area contributed by atoms with E-state index in [2.05, 4.69) is 16.0 Å². The van der Waals surface area contributed by atoms with Crippen LogP contribution in [0, 0.1) is 0 Å². The smallest absolute Gasteiger partial charge is 0.411 e. The van der Waals surface area contributed by atoms with Crippen molar-refractivity contribution in [2.75, 3.05) is 23.8 Å². The molecule has 2 aromatic carbocycles. The molecule has 3 N–H and O–H groups in total. The lowest BCUT2D eigenvalue weighted by atomic mass is 10.3. The fourth-order valence-corrected chi connectivity index (χ4v) is 1.82. The van der Waals surface area contributed by atoms with E-state index in [0.29, 0.717) is 16.4 Å². The predicted molar refractivity (Wildman–Crippen MR) is 89.9 cm³/mol. The Balaban J connectivity index is 1.62. The minimum Gasteiger partial charge on any atom is -0.447 e. The van der Waals surface area contributed by atoms with Crippen molar-refractivity contribution in [1.82, 2.24) is 5.32 Å². The SMILES string of the molecule is O=C(NCCOC(=O)Nc1ccc(Cl)cc1)Nc1ccccc1. The Morgan fingerprint density at radius 2 is 1.57 bits per heavy atom. The summed E-state index contributed by atoms with van der Waals surface area (Å²) in [6.45, 7) is 0.258. The standard InChI is InChI=1S/C16H16ClN3O3/c17-12-6-8-14(9-7-12)20-16(22)23-11-10-18-15(21)19-13-4-2-1-3-5-13/h1-9H,10-11H2,(H,20,22)(H2,18,19,21). The summed E-state index contributed by atoms with van der Waals surface area (Å²) < 4.78 is 4.95. The number of hydrogen-bond acceptors (Lipinski definition) is 3. The molecule has 0 aromatic heterocycles. The van der Waals surface area contributed by atoms with Gasteiger partial charge in [0.15, 0.2) is 0 Å². The first-order valence-electron chi connectivity index (χ1n) is 6.93. The fourth-order valence-electron chi connectivity index (χ4n) is 1.69. The lowest BCUT2D eigenvalue weighted by molar-refractivity contribution is 0.162. The molecule has 6 nitrogen and oxygen atoms in total. The van der Waals surface area contributed by atoms with E-state index in [4.69, 9.17) is 16.3 Å². The number of nitrogens with one attached hydrogen (secondary N) is 3. The van der Waals surface area contributed by atoms with E-state index < -0.39 is 6.09 Å². The van der Waals surface area contributed by atoms with Gasteiger partial charge in [-0.1, -0.05) is 29.8 Å². The highest BCUT2D eigenvalue weighted by Gasteiger charge is 2.04. The average molecular weight is 334 g/mol. The van der Waals surface area contributed by atoms with Gasteiger partial charge in [0.25, 0.3) is 0 Å². The number of hydrogen-bond donors (Lipinski definition) is 3. The van der Waals surface area contributed by atoms with Gasteiger partial charge in [0, 0.05) is 16.4 Å². The minimum atomic E-state index is -0.599. The fraction of sp³-hybridized carbons (Fsp3) is 0.125. The molecular formula is C16H16ClN3O3. The summed E-state index contributed by atoms with van der Waals surface area (Å²) in [6.07, 6.45) is -0.599. The van der Waals surface area contributed by atoms with Gasteiger partial charge in [-0.2, -0.15) is 0 Å². The molecule has 7 heteroatoms. The normalized spacial score (nSPS) is 9.78. The van der Waals surface area contributed by atoms with Crippen molar-refractivity contribution in [3.63, 3.8) is 0 Å². The number of amides is 3. The van der Waals surface area contributed by atoms with Crippen LogP contribution in [0.3, 0.4) is 0 Å². The Morgan fingerprint density at radius 3 is 2.26 bits per heavy atom. The highest BCUT2D eigenvalue weighted by molar-refractivity contribution is 6.30. The zero-order valence-corrected chi connectivity index (χ0v) is 13.0. The van der Waals surface area contributed by atoms with Crippen LogP contribution in [0.25, 0.3) is 0 Å². The van der Waals surface area contributed by atoms with Crippen molar-refractivity contribution < 1.29 is 14.3 Å². The minimum absolute atomic E-state index is 0.0572. The van der Waals surface area contributed by atoms with Gasteiger partial charge in [-0.05, 0) is 36.4 Å². The van der Waals surface area contributed by atoms with Crippen molar-refractivity contribution in [3.8, 4) is 0 Å². The maximum absolute atomic E-state index is 11.6. The van der Waals surface area contributed by atoms with Crippen LogP contribution in [0.15, 0.2) is 54.6 Å². The van der Waals surface area contributed by atoms with Gasteiger partial charge in [0.2, 0.25) is 0 Å². The van der Waals surface area contributed by atoms with Crippen LogP contribution in [-0.2, 0) is 4.74 Å². The number of anilines is 2. The maximum atomic E-state index is 11.6. The van der Waals surface area contributed by atoms with Crippen molar-refractivity contribution >= 4 is 35.1 Å². The van der Waals surface area contributed by atoms with Crippen molar-refractivity contribution in [2.45, 2.75) is 0 Å². The number of urea groups is 1. The van der Waals surface area contributed by atoms with Gasteiger partial charge in [-0.25, -0.2) is 9.59 Å². The molecule has 0 atom stereocenters. The monoisotopic (exact) mass is 333 g/mol. The number of rotatable bonds is 5. The lowest BCUT2D eigenvalue weighted by Gasteiger charge is -2.09. The van der Waals surface area contributed by atoms with Crippen LogP contribution < -0.4 is 16.0 Å². The largest absolute Gasteiger partial charge is 0.447 e. The molecule has 0 saturated carbocycles. The van der Waals surface area contributed by atoms with Crippen LogP contribution in [0.2, 0.25) is 5.02 Å². The van der Waals surface area contributed by atoms with E-state index >= 15 is 0 Å². The number of carbonyl (C=O) groups excluding carboxylic acids is 2. The highest BCUT2D eigenvalue weighted by atomic mass is 35.5. The lowest BCUT2D eigenvalue weighted by Crippen LogP contribution is -2.32. The second kappa shape index (κ2) is 8.65. The Labute approximate surface area is 138 Å². The third-order valence-corrected chi connectivity index (χ3v) is 3.00. The topological polar surface area (TPSA) is 79.5 Å². The zero-order valence-electron chi connectivity index (χ0n) is 12.2. The molecule has 0 aliphatic heterocycles. The van der Waals surface area contributed by atoms with E-state index in [1.165, 1.54) is 0 Å². The molecule has 0 fully saturated rings. The third kappa shape index (κ3) is 6.27. The predicted octanol–water partition coefficient (Wildman–Crippen LogP) is 3.71. The summed E-state index contributed by atoms with van der Waals surface area (Å²) in [5.41, 5.74) is 1.26. The third-order valence-electron chi connectivity index (χ3n) is 2.74. The highest BCUT2D eigenvalue weighted by Crippen LogP contribution is 2.13. The molecule has 2 aromatic rings. The first-order valence-corrected chi connectivity index (χ1v) is 7.30. The summed E-state index contributed by atoms with van der Waals surface area (Å²) in [7, 11) is 0. The molecule has 0 unspecified atom stereocenters. The van der Waals surface area contributed by atoms with Gasteiger partial charge < -0.3 is 15.4 Å². The van der Waals surface area contributed by atoms with Gasteiger partial charge in [-0.3, -0.25) is 5.32 Å². The molecule has 23 heavy (non-hydrogen) atoms. The molecule has 0 radical (unpaired) electrons. The van der Waals surface area contributed by atoms with Crippen LogP contribution >= 0.6 is 11.6 Å². The molecule has 0 spiro atoms. The number of benzene rings is 2. The first-order chi connectivity index (χ1) is 11.1. The van der Waals surface area contributed by atoms with E-state index in [9.17, 15) is 9.59 Å². The summed E-state index contributed by atoms with van der Waals surface area (Å²) in [5, 5.41) is 8.37. The van der Waals surface area contributed by atoms with Crippen molar-refractivity contribution in [1.29, 1.82) is 0 Å². The molecular weight excluding hydrogens is 318 g/mol. The van der Waals surface area contributed by atoms with Crippen molar-refractivity contribution in [2.24, 2.45) is 0 Å². The molecule has 0 aliphatic rings. The molecule has 0 heterocycles. The maximum Gasteiger partial charge on any atom is 0.411 e. The van der Waals surface area contributed by atoms with Crippen LogP contribution in [0.4, 0.5) is 21.0 Å². The summed E-state index contributed by atoms with van der Waals surface area (Å²) >= 11 is 5.75. The van der Waals surface area contributed by atoms with Crippen LogP contribution in [-0.4, -0.2) is 25.3 Å². The van der Waals surface area contributed by atoms with Gasteiger partial charge in [0.1, 0.15) is 6.61 Å². The van der Waals surface area contributed by atoms with Crippen LogP contribution in [0.1, 0.15) is 0 Å². The van der Waals surface area contributed by atoms with Crippen LogP contribution in [0.5, 0.6) is 0 Å². The van der Waals surface area contributed by atoms with Crippen molar-refractivity contribution in [3.05, 3.63) is 59.6 Å². The molecule has 2 rings (SSSR count). The molecule has 120 valence electrons. The second-order valence-corrected chi connectivity index (χ2v) is 4.95. The van der Waals surface area contributed by atoms with E-state index in [-0.39, 0.29) is 19.2 Å². The Kier molecular flexibility index (Phi) is 6.26. The Hall–Kier alpha value is -2.73. The Morgan fingerprint density at radius 1 is 0.913 bits per heavy atom. The second-order valence-electron chi connectivity index (χ2n) is 4.51. The van der Waals surface area contributed by atoms with Gasteiger partial charge in [-0.15, -0.1) is 0 Å². The van der Waals surface area contributed by atoms with E-state index in [1.54, 1.807) is 36.4 Å². The number of para-hydroxylation sites is 1. The van der Waals surface area contributed by atoms with E-state index in [1.807, 2.05) is 18.2 Å². The number of halogens is 1. The first kappa shape index (κ1) is 16.6. The molecule has 3 amide bonds. The zero-order chi connectivity index (χ0) is 16.5. The average Bonchev–Trinajstić information content (AvgIpc) is 2.55. The number of ether oxygens (including phenoxy) is 1. The molecule has 0 bridgehead atoms. The number of carbonyl (C=O) groups is 2. The van der Waals surface area contributed by atoms with Gasteiger partial charge >= 0.3 is 12.1 Å². The molecule has 0 saturated heterocycles.